The van der Waals surface area contributed by atoms with Gasteiger partial charge in [-0.15, -0.1) is 0 Å². The number of ether oxygens (including phenoxy) is 2. The number of carbonyl (C=O) groups excluding carboxylic acids is 2. The van der Waals surface area contributed by atoms with Gasteiger partial charge in [0.15, 0.2) is 0 Å². The molecule has 1 aliphatic carbocycles. The maximum atomic E-state index is 13.1. The molecule has 4 rings (SSSR count). The number of aryl methyl sites for hydroxylation is 2. The first-order valence-electron chi connectivity index (χ1n) is 11.1. The van der Waals surface area contributed by atoms with Gasteiger partial charge in [-0.05, 0) is 73.7 Å². The number of Topliss-reactive ketones (excluding diaryl/α,β-unsaturated/α-hetero) is 1. The zero-order valence-corrected chi connectivity index (χ0v) is 20.9. The summed E-state index contributed by atoms with van der Waals surface area (Å²) < 4.78 is 12.2. The Morgan fingerprint density at radius 2 is 1.82 bits per heavy atom. The first-order chi connectivity index (χ1) is 15.8. The molecule has 33 heavy (non-hydrogen) atoms. The lowest BCUT2D eigenvalue weighted by molar-refractivity contribution is -0.136. The highest BCUT2D eigenvalue weighted by Gasteiger charge is 2.43. The third kappa shape index (κ3) is 4.62. The standard InChI is InChI=1S/C27H28BrNO4/c1-15-12-16(2)21(13-18(15)14-33-20-10-8-19(28)9-11-20)25-24(27(31)32-4)17(3)29-22-6-5-7-23(30)26(22)25/h6,8-13,25-26,29H,5,7,14H2,1-4H3. The first-order valence-corrected chi connectivity index (χ1v) is 11.9. The van der Waals surface area contributed by atoms with Crippen LogP contribution in [0.5, 0.6) is 5.75 Å². The van der Waals surface area contributed by atoms with Gasteiger partial charge in [0.2, 0.25) is 0 Å². The topological polar surface area (TPSA) is 64.6 Å². The molecule has 0 fully saturated rings. The molecule has 1 aliphatic heterocycles. The van der Waals surface area contributed by atoms with Crippen LogP contribution < -0.4 is 10.1 Å². The quantitative estimate of drug-likeness (QED) is 0.528. The van der Waals surface area contributed by atoms with E-state index in [1.807, 2.05) is 38.1 Å². The number of benzene rings is 2. The van der Waals surface area contributed by atoms with E-state index < -0.39 is 17.8 Å². The van der Waals surface area contributed by atoms with Gasteiger partial charge < -0.3 is 14.8 Å². The third-order valence-electron chi connectivity index (χ3n) is 6.49. The number of hydrogen-bond donors (Lipinski definition) is 1. The van der Waals surface area contributed by atoms with Crippen molar-refractivity contribution in [3.05, 3.63) is 86.2 Å². The predicted molar refractivity (Wildman–Crippen MR) is 131 cm³/mol. The highest BCUT2D eigenvalue weighted by molar-refractivity contribution is 9.10. The fourth-order valence-electron chi connectivity index (χ4n) is 4.83. The fraction of sp³-hybridized carbons (Fsp3) is 0.333. The Morgan fingerprint density at radius 3 is 2.52 bits per heavy atom. The minimum absolute atomic E-state index is 0.145. The first kappa shape index (κ1) is 23.3. The molecule has 0 aromatic heterocycles. The minimum Gasteiger partial charge on any atom is -0.489 e. The second kappa shape index (κ2) is 9.56. The van der Waals surface area contributed by atoms with Gasteiger partial charge in [-0.1, -0.05) is 34.1 Å². The van der Waals surface area contributed by atoms with E-state index in [2.05, 4.69) is 46.4 Å². The Bertz CT molecular complexity index is 1160. The summed E-state index contributed by atoms with van der Waals surface area (Å²) >= 11 is 3.44. The lowest BCUT2D eigenvalue weighted by Gasteiger charge is -2.38. The van der Waals surface area contributed by atoms with Gasteiger partial charge in [0, 0.05) is 28.2 Å². The number of methoxy groups -OCH3 is 1. The number of allylic oxidation sites excluding steroid dienone is 3. The van der Waals surface area contributed by atoms with Crippen LogP contribution in [0.4, 0.5) is 0 Å². The van der Waals surface area contributed by atoms with Crippen LogP contribution in [-0.4, -0.2) is 18.9 Å². The molecule has 0 amide bonds. The summed E-state index contributed by atoms with van der Waals surface area (Å²) in [5, 5.41) is 3.30. The van der Waals surface area contributed by atoms with E-state index in [0.29, 0.717) is 25.0 Å². The molecule has 6 heteroatoms. The van der Waals surface area contributed by atoms with Crippen molar-refractivity contribution in [1.29, 1.82) is 0 Å². The van der Waals surface area contributed by atoms with Crippen molar-refractivity contribution < 1.29 is 19.1 Å². The van der Waals surface area contributed by atoms with Crippen LogP contribution in [0.2, 0.25) is 0 Å². The highest BCUT2D eigenvalue weighted by atomic mass is 79.9. The molecule has 5 nitrogen and oxygen atoms in total. The molecule has 0 bridgehead atoms. The molecule has 1 heterocycles. The molecule has 1 N–H and O–H groups in total. The number of nitrogens with one attached hydrogen (secondary N) is 1. The summed E-state index contributed by atoms with van der Waals surface area (Å²) in [4.78, 5) is 26.0. The van der Waals surface area contributed by atoms with E-state index in [-0.39, 0.29) is 5.78 Å². The molecule has 172 valence electrons. The summed E-state index contributed by atoms with van der Waals surface area (Å²) in [6, 6.07) is 11.9. The van der Waals surface area contributed by atoms with Gasteiger partial charge in [-0.25, -0.2) is 4.79 Å². The summed E-state index contributed by atoms with van der Waals surface area (Å²) in [5.74, 6) is -0.301. The maximum absolute atomic E-state index is 13.1. The highest BCUT2D eigenvalue weighted by Crippen LogP contribution is 2.45. The third-order valence-corrected chi connectivity index (χ3v) is 7.02. The molecule has 2 atom stereocenters. The van der Waals surface area contributed by atoms with Gasteiger partial charge in [0.25, 0.3) is 0 Å². The summed E-state index contributed by atoms with van der Waals surface area (Å²) in [7, 11) is 1.38. The molecule has 2 aromatic rings. The van der Waals surface area contributed by atoms with Gasteiger partial charge in [0.1, 0.15) is 18.1 Å². The van der Waals surface area contributed by atoms with Crippen LogP contribution in [0.1, 0.15) is 47.9 Å². The van der Waals surface area contributed by atoms with E-state index in [0.717, 1.165) is 43.9 Å². The average molecular weight is 510 g/mol. The van der Waals surface area contributed by atoms with Crippen LogP contribution in [0.3, 0.4) is 0 Å². The fourth-order valence-corrected chi connectivity index (χ4v) is 5.09. The van der Waals surface area contributed by atoms with Crippen molar-refractivity contribution in [3.8, 4) is 5.75 Å². The lowest BCUT2D eigenvalue weighted by atomic mass is 9.69. The molecular weight excluding hydrogens is 482 g/mol. The Balaban J connectivity index is 1.78. The van der Waals surface area contributed by atoms with Crippen LogP contribution in [-0.2, 0) is 20.9 Å². The van der Waals surface area contributed by atoms with Gasteiger partial charge in [-0.2, -0.15) is 0 Å². The Hall–Kier alpha value is -2.86. The summed E-state index contributed by atoms with van der Waals surface area (Å²) in [5.41, 5.74) is 6.26. The smallest absolute Gasteiger partial charge is 0.336 e. The molecule has 0 spiro atoms. The zero-order chi connectivity index (χ0) is 23.7. The maximum Gasteiger partial charge on any atom is 0.336 e. The Labute approximate surface area is 203 Å². The molecule has 2 aromatic carbocycles. The van der Waals surface area contributed by atoms with Gasteiger partial charge >= 0.3 is 5.97 Å². The monoisotopic (exact) mass is 509 g/mol. The number of carbonyl (C=O) groups is 2. The van der Waals surface area contributed by atoms with Crippen molar-refractivity contribution in [2.45, 2.75) is 46.1 Å². The van der Waals surface area contributed by atoms with E-state index in [1.54, 1.807) is 0 Å². The van der Waals surface area contributed by atoms with E-state index in [4.69, 9.17) is 9.47 Å². The van der Waals surface area contributed by atoms with Crippen molar-refractivity contribution in [3.63, 3.8) is 0 Å². The van der Waals surface area contributed by atoms with Gasteiger partial charge in [0.05, 0.1) is 18.6 Å². The number of hydrogen-bond acceptors (Lipinski definition) is 5. The summed E-state index contributed by atoms with van der Waals surface area (Å²) in [6.07, 6.45) is 3.27. The molecule has 0 saturated carbocycles. The Morgan fingerprint density at radius 1 is 1.09 bits per heavy atom. The SMILES string of the molecule is COC(=O)C1=C(C)NC2=CCCC(=O)C2C1c1cc(COc2ccc(Br)cc2)c(C)cc1C. The lowest BCUT2D eigenvalue weighted by Crippen LogP contribution is -2.41. The zero-order valence-electron chi connectivity index (χ0n) is 19.3. The van der Waals surface area contributed by atoms with E-state index in [9.17, 15) is 9.59 Å². The number of esters is 1. The normalized spacial score (nSPS) is 20.0. The van der Waals surface area contributed by atoms with Crippen molar-refractivity contribution in [2.24, 2.45) is 5.92 Å². The number of ketones is 1. The molecule has 2 unspecified atom stereocenters. The second-order valence-electron chi connectivity index (χ2n) is 8.65. The second-order valence-corrected chi connectivity index (χ2v) is 9.57. The number of fused-ring (bicyclic) bond motifs is 1. The molecule has 0 radical (unpaired) electrons. The van der Waals surface area contributed by atoms with Crippen molar-refractivity contribution in [1.82, 2.24) is 5.32 Å². The predicted octanol–water partition coefficient (Wildman–Crippen LogP) is 5.64. The number of rotatable bonds is 5. The van der Waals surface area contributed by atoms with Crippen LogP contribution in [0.25, 0.3) is 0 Å². The summed E-state index contributed by atoms with van der Waals surface area (Å²) in [6.45, 7) is 6.35. The van der Waals surface area contributed by atoms with Crippen molar-refractivity contribution >= 4 is 27.7 Å². The van der Waals surface area contributed by atoms with Crippen LogP contribution in [0.15, 0.2) is 63.9 Å². The molecule has 0 saturated heterocycles. The molecule has 2 aliphatic rings. The van der Waals surface area contributed by atoms with E-state index in [1.165, 1.54) is 7.11 Å². The Kier molecular flexibility index (Phi) is 6.75. The van der Waals surface area contributed by atoms with Crippen LogP contribution >= 0.6 is 15.9 Å². The van der Waals surface area contributed by atoms with Crippen LogP contribution in [0, 0.1) is 19.8 Å². The average Bonchev–Trinajstić information content (AvgIpc) is 2.78. The number of halogens is 1. The minimum atomic E-state index is -0.418. The van der Waals surface area contributed by atoms with Gasteiger partial charge in [-0.3, -0.25) is 4.79 Å². The van der Waals surface area contributed by atoms with E-state index >= 15 is 0 Å². The largest absolute Gasteiger partial charge is 0.489 e. The molecular formula is C27H28BrNO4. The van der Waals surface area contributed by atoms with Crippen molar-refractivity contribution in [2.75, 3.05) is 7.11 Å².